The third-order valence-electron chi connectivity index (χ3n) is 4.81. The van der Waals surface area contributed by atoms with Crippen LogP contribution in [0.3, 0.4) is 0 Å². The minimum Gasteiger partial charge on any atom is -0.324 e. The van der Waals surface area contributed by atoms with Crippen LogP contribution >= 0.6 is 39.1 Å². The summed E-state index contributed by atoms with van der Waals surface area (Å²) in [6.07, 6.45) is 0. The van der Waals surface area contributed by atoms with Crippen LogP contribution in [0.5, 0.6) is 0 Å². The van der Waals surface area contributed by atoms with Gasteiger partial charge in [-0.2, -0.15) is 0 Å². The van der Waals surface area contributed by atoms with Gasteiger partial charge >= 0.3 is 0 Å². The van der Waals surface area contributed by atoms with E-state index in [-0.39, 0.29) is 23.0 Å². The van der Waals surface area contributed by atoms with Crippen molar-refractivity contribution in [1.82, 2.24) is 4.90 Å². The number of fused-ring (bicyclic) bond motifs is 1. The zero-order chi connectivity index (χ0) is 21.4. The Labute approximate surface area is 190 Å². The molecule has 4 rings (SSSR count). The first-order valence-electron chi connectivity index (χ1n) is 8.94. The van der Waals surface area contributed by atoms with E-state index in [4.69, 9.17) is 23.2 Å². The van der Waals surface area contributed by atoms with Crippen molar-refractivity contribution >= 4 is 56.6 Å². The quantitative estimate of drug-likeness (QED) is 0.457. The number of anilines is 1. The standard InChI is InChI=1S/C22H14BrCl2FN2O2/c23-13-3-7-18(25)16(9-13)22(30)28-11-20(29)27-19-8-4-14(24)10-17(19)21(28)12-1-5-15(26)6-2-12/h1-10,21H,11H2,(H,27,29)/t21-/m1/s1. The van der Waals surface area contributed by atoms with Gasteiger partial charge in [0.25, 0.3) is 5.91 Å². The van der Waals surface area contributed by atoms with Crippen molar-refractivity contribution in [3.63, 3.8) is 0 Å². The lowest BCUT2D eigenvalue weighted by Crippen LogP contribution is -2.39. The van der Waals surface area contributed by atoms with Gasteiger partial charge < -0.3 is 10.2 Å². The average molecular weight is 508 g/mol. The van der Waals surface area contributed by atoms with Crippen molar-refractivity contribution in [1.29, 1.82) is 0 Å². The summed E-state index contributed by atoms with van der Waals surface area (Å²) in [6, 6.07) is 15.1. The molecule has 1 atom stereocenters. The van der Waals surface area contributed by atoms with Crippen LogP contribution in [0.2, 0.25) is 10.0 Å². The van der Waals surface area contributed by atoms with Crippen molar-refractivity contribution in [2.45, 2.75) is 6.04 Å². The Morgan fingerprint density at radius 2 is 1.80 bits per heavy atom. The number of nitrogens with one attached hydrogen (secondary N) is 1. The second-order valence-electron chi connectivity index (χ2n) is 6.79. The molecule has 3 aromatic carbocycles. The maximum absolute atomic E-state index is 13.6. The summed E-state index contributed by atoms with van der Waals surface area (Å²) < 4.78 is 14.3. The SMILES string of the molecule is O=C1CN(C(=O)c2cc(Br)ccc2Cl)[C@H](c2ccc(F)cc2)c2cc(Cl)ccc2N1. The highest BCUT2D eigenvalue weighted by molar-refractivity contribution is 9.10. The van der Waals surface area contributed by atoms with Crippen LogP contribution in [0, 0.1) is 5.82 Å². The fourth-order valence-electron chi connectivity index (χ4n) is 3.49. The van der Waals surface area contributed by atoms with E-state index in [0.29, 0.717) is 26.3 Å². The third-order valence-corrected chi connectivity index (χ3v) is 5.87. The molecule has 30 heavy (non-hydrogen) atoms. The Bertz CT molecular complexity index is 1150. The van der Waals surface area contributed by atoms with Crippen molar-refractivity contribution in [3.8, 4) is 0 Å². The number of carbonyl (C=O) groups excluding carboxylic acids is 2. The molecular weight excluding hydrogens is 494 g/mol. The minimum absolute atomic E-state index is 0.212. The fourth-order valence-corrected chi connectivity index (χ4v) is 4.23. The Morgan fingerprint density at radius 3 is 2.53 bits per heavy atom. The molecule has 0 saturated heterocycles. The van der Waals surface area contributed by atoms with E-state index in [1.54, 1.807) is 48.5 Å². The van der Waals surface area contributed by atoms with E-state index in [2.05, 4.69) is 21.2 Å². The zero-order valence-electron chi connectivity index (χ0n) is 15.3. The molecular formula is C22H14BrCl2FN2O2. The van der Waals surface area contributed by atoms with Crippen LogP contribution < -0.4 is 5.32 Å². The maximum Gasteiger partial charge on any atom is 0.256 e. The van der Waals surface area contributed by atoms with Crippen LogP contribution in [0.15, 0.2) is 65.1 Å². The summed E-state index contributed by atoms with van der Waals surface area (Å²) in [7, 11) is 0. The second-order valence-corrected chi connectivity index (χ2v) is 8.55. The van der Waals surface area contributed by atoms with Gasteiger partial charge in [-0.05, 0) is 54.1 Å². The first-order chi connectivity index (χ1) is 14.3. The van der Waals surface area contributed by atoms with Gasteiger partial charge in [0.2, 0.25) is 5.91 Å². The van der Waals surface area contributed by atoms with E-state index in [1.165, 1.54) is 17.0 Å². The predicted octanol–water partition coefficient (Wildman–Crippen LogP) is 6.08. The molecule has 0 fully saturated rings. The van der Waals surface area contributed by atoms with Gasteiger partial charge in [0.05, 0.1) is 16.6 Å². The number of rotatable bonds is 2. The van der Waals surface area contributed by atoms with E-state index < -0.39 is 17.8 Å². The number of hydrogen-bond donors (Lipinski definition) is 1. The van der Waals surface area contributed by atoms with Gasteiger partial charge in [-0.25, -0.2) is 4.39 Å². The summed E-state index contributed by atoms with van der Waals surface area (Å²) in [6.45, 7) is -0.212. The van der Waals surface area contributed by atoms with Gasteiger partial charge in [-0.3, -0.25) is 9.59 Å². The summed E-state index contributed by atoms with van der Waals surface area (Å²) >= 11 is 15.9. The molecule has 1 aliphatic rings. The molecule has 4 nitrogen and oxygen atoms in total. The zero-order valence-corrected chi connectivity index (χ0v) is 18.4. The Balaban J connectivity index is 1.92. The second kappa shape index (κ2) is 8.38. The molecule has 1 aliphatic heterocycles. The molecule has 1 N–H and O–H groups in total. The molecule has 1 heterocycles. The highest BCUT2D eigenvalue weighted by Gasteiger charge is 2.34. The molecule has 152 valence electrons. The summed E-state index contributed by atoms with van der Waals surface area (Å²) in [5.41, 5.74) is 2.04. The highest BCUT2D eigenvalue weighted by atomic mass is 79.9. The van der Waals surface area contributed by atoms with Crippen LogP contribution in [0.1, 0.15) is 27.5 Å². The Morgan fingerprint density at radius 1 is 1.07 bits per heavy atom. The molecule has 3 aromatic rings. The Hall–Kier alpha value is -2.41. The lowest BCUT2D eigenvalue weighted by molar-refractivity contribution is -0.117. The van der Waals surface area contributed by atoms with E-state index in [1.807, 2.05) is 0 Å². The molecule has 0 aliphatic carbocycles. The number of nitrogens with zero attached hydrogens (tertiary/aromatic N) is 1. The van der Waals surface area contributed by atoms with Gasteiger partial charge in [0.1, 0.15) is 12.4 Å². The van der Waals surface area contributed by atoms with Gasteiger partial charge in [-0.1, -0.05) is 51.3 Å². The number of amides is 2. The number of halogens is 4. The lowest BCUT2D eigenvalue weighted by atomic mass is 9.95. The number of carbonyl (C=O) groups is 2. The first kappa shape index (κ1) is 20.8. The van der Waals surface area contributed by atoms with Gasteiger partial charge in [0.15, 0.2) is 0 Å². The molecule has 0 spiro atoms. The largest absolute Gasteiger partial charge is 0.324 e. The molecule has 8 heteroatoms. The normalized spacial score (nSPS) is 15.9. The molecule has 0 radical (unpaired) electrons. The molecule has 0 saturated carbocycles. The monoisotopic (exact) mass is 506 g/mol. The van der Waals surface area contributed by atoms with Crippen LogP contribution in [0.25, 0.3) is 0 Å². The first-order valence-corrected chi connectivity index (χ1v) is 10.5. The van der Waals surface area contributed by atoms with E-state index >= 15 is 0 Å². The van der Waals surface area contributed by atoms with Gasteiger partial charge in [-0.15, -0.1) is 0 Å². The molecule has 0 bridgehead atoms. The van der Waals surface area contributed by atoms with Gasteiger partial charge in [0, 0.05) is 20.7 Å². The van der Waals surface area contributed by atoms with Crippen LogP contribution in [0.4, 0.5) is 10.1 Å². The van der Waals surface area contributed by atoms with Crippen molar-refractivity contribution < 1.29 is 14.0 Å². The summed E-state index contributed by atoms with van der Waals surface area (Å²) in [4.78, 5) is 27.6. The topological polar surface area (TPSA) is 49.4 Å². The highest BCUT2D eigenvalue weighted by Crippen LogP contribution is 2.38. The predicted molar refractivity (Wildman–Crippen MR) is 119 cm³/mol. The fraction of sp³-hybridized carbons (Fsp3) is 0.0909. The number of hydrogen-bond acceptors (Lipinski definition) is 2. The van der Waals surface area contributed by atoms with Crippen molar-refractivity contribution in [2.75, 3.05) is 11.9 Å². The van der Waals surface area contributed by atoms with Crippen LogP contribution in [-0.4, -0.2) is 23.3 Å². The number of benzene rings is 3. The smallest absolute Gasteiger partial charge is 0.256 e. The minimum atomic E-state index is -0.680. The summed E-state index contributed by atoms with van der Waals surface area (Å²) in [5.74, 6) is -1.19. The van der Waals surface area contributed by atoms with Crippen molar-refractivity contribution in [2.24, 2.45) is 0 Å². The van der Waals surface area contributed by atoms with Crippen molar-refractivity contribution in [3.05, 3.63) is 97.7 Å². The molecule has 0 unspecified atom stereocenters. The summed E-state index contributed by atoms with van der Waals surface area (Å²) in [5, 5.41) is 3.53. The lowest BCUT2D eigenvalue weighted by Gasteiger charge is -2.31. The Kier molecular flexibility index (Phi) is 5.82. The average Bonchev–Trinajstić information content (AvgIpc) is 2.85. The van der Waals surface area contributed by atoms with E-state index in [9.17, 15) is 14.0 Å². The van der Waals surface area contributed by atoms with Crippen LogP contribution in [-0.2, 0) is 4.79 Å². The van der Waals surface area contributed by atoms with E-state index in [0.717, 1.165) is 0 Å². The molecule has 2 amide bonds. The molecule has 0 aromatic heterocycles. The maximum atomic E-state index is 13.6. The third kappa shape index (κ3) is 4.08.